The third kappa shape index (κ3) is 2.59. The second-order valence-electron chi connectivity index (χ2n) is 3.90. The maximum absolute atomic E-state index is 11.7. The second kappa shape index (κ2) is 4.99. The predicted molar refractivity (Wildman–Crippen MR) is 76.4 cm³/mol. The van der Waals surface area contributed by atoms with Crippen LogP contribution in [0.15, 0.2) is 51.8 Å². The average molecular weight is 290 g/mol. The van der Waals surface area contributed by atoms with Crippen LogP contribution in [0.1, 0.15) is 11.1 Å². The molecule has 19 heavy (non-hydrogen) atoms. The zero-order valence-corrected chi connectivity index (χ0v) is 11.2. The molecule has 1 aromatic carbocycles. The molecule has 0 radical (unpaired) electrons. The lowest BCUT2D eigenvalue weighted by molar-refractivity contribution is -0.129. The molecule has 0 unspecified atom stereocenters. The number of thiophene rings is 1. The van der Waals surface area contributed by atoms with Crippen LogP contribution < -0.4 is 0 Å². The molecule has 0 saturated carbocycles. The fourth-order valence-corrected chi connectivity index (χ4v) is 2.38. The van der Waals surface area contributed by atoms with E-state index in [1.807, 2.05) is 16.8 Å². The molecule has 5 heteroatoms. The molecule has 0 aliphatic carbocycles. The van der Waals surface area contributed by atoms with Crippen LogP contribution in [0.5, 0.6) is 0 Å². The fraction of sp³-hybridized carbons (Fsp3) is 0. The molecule has 94 valence electrons. The largest absolute Gasteiger partial charge is 0.402 e. The third-order valence-electron chi connectivity index (χ3n) is 2.56. The van der Waals surface area contributed by atoms with Crippen molar-refractivity contribution in [3.05, 3.63) is 62.9 Å². The van der Waals surface area contributed by atoms with Crippen molar-refractivity contribution in [2.24, 2.45) is 4.99 Å². The van der Waals surface area contributed by atoms with Crippen molar-refractivity contribution in [2.45, 2.75) is 0 Å². The predicted octanol–water partition coefficient (Wildman–Crippen LogP) is 3.75. The lowest BCUT2D eigenvalue weighted by Gasteiger charge is -1.98. The number of benzene rings is 1. The first kappa shape index (κ1) is 12.1. The average Bonchev–Trinajstić information content (AvgIpc) is 3.02. The summed E-state index contributed by atoms with van der Waals surface area (Å²) in [6.07, 6.45) is 1.71. The van der Waals surface area contributed by atoms with E-state index in [1.165, 1.54) is 0 Å². The van der Waals surface area contributed by atoms with Crippen LogP contribution in [-0.2, 0) is 9.53 Å². The van der Waals surface area contributed by atoms with Crippen molar-refractivity contribution < 1.29 is 9.53 Å². The summed E-state index contributed by atoms with van der Waals surface area (Å²) < 4.78 is 5.15. The quantitative estimate of drug-likeness (QED) is 0.624. The Morgan fingerprint density at radius 1 is 1.21 bits per heavy atom. The van der Waals surface area contributed by atoms with Gasteiger partial charge in [-0.05, 0) is 52.7 Å². The van der Waals surface area contributed by atoms with Gasteiger partial charge in [-0.3, -0.25) is 0 Å². The highest BCUT2D eigenvalue weighted by Gasteiger charge is 2.23. The number of aliphatic imine (C=N–C) groups is 1. The Morgan fingerprint density at radius 2 is 2.00 bits per heavy atom. The number of rotatable bonds is 2. The fourth-order valence-electron chi connectivity index (χ4n) is 1.64. The lowest BCUT2D eigenvalue weighted by atomic mass is 10.2. The van der Waals surface area contributed by atoms with Gasteiger partial charge < -0.3 is 4.74 Å². The zero-order chi connectivity index (χ0) is 13.2. The van der Waals surface area contributed by atoms with Gasteiger partial charge in [0.25, 0.3) is 0 Å². The Bertz CT molecular complexity index is 672. The Hall–Kier alpha value is -1.91. The van der Waals surface area contributed by atoms with E-state index in [4.69, 9.17) is 16.3 Å². The van der Waals surface area contributed by atoms with Crippen LogP contribution in [0.25, 0.3) is 6.08 Å². The number of cyclic esters (lactones) is 1. The molecule has 0 amide bonds. The van der Waals surface area contributed by atoms with Gasteiger partial charge in [-0.1, -0.05) is 11.6 Å². The first-order chi connectivity index (χ1) is 9.22. The highest BCUT2D eigenvalue weighted by molar-refractivity contribution is 7.08. The highest BCUT2D eigenvalue weighted by Crippen LogP contribution is 2.20. The molecule has 1 aliphatic rings. The van der Waals surface area contributed by atoms with Gasteiger partial charge >= 0.3 is 5.97 Å². The summed E-state index contributed by atoms with van der Waals surface area (Å²) in [7, 11) is 0. The van der Waals surface area contributed by atoms with Crippen molar-refractivity contribution in [2.75, 3.05) is 0 Å². The van der Waals surface area contributed by atoms with Crippen molar-refractivity contribution >= 4 is 40.9 Å². The smallest absolute Gasteiger partial charge is 0.363 e. The highest BCUT2D eigenvalue weighted by atomic mass is 35.5. The Balaban J connectivity index is 1.93. The normalized spacial score (nSPS) is 16.6. The van der Waals surface area contributed by atoms with Crippen LogP contribution in [0, 0.1) is 0 Å². The molecule has 3 nitrogen and oxygen atoms in total. The van der Waals surface area contributed by atoms with Crippen LogP contribution in [-0.4, -0.2) is 11.9 Å². The van der Waals surface area contributed by atoms with Crippen molar-refractivity contribution in [1.29, 1.82) is 0 Å². The molecule has 0 N–H and O–H groups in total. The van der Waals surface area contributed by atoms with E-state index >= 15 is 0 Å². The maximum Gasteiger partial charge on any atom is 0.363 e. The second-order valence-corrected chi connectivity index (χ2v) is 5.12. The van der Waals surface area contributed by atoms with E-state index in [0.717, 1.165) is 11.1 Å². The summed E-state index contributed by atoms with van der Waals surface area (Å²) in [4.78, 5) is 15.9. The monoisotopic (exact) mass is 289 g/mol. The van der Waals surface area contributed by atoms with E-state index in [1.54, 1.807) is 41.7 Å². The number of hydrogen-bond acceptors (Lipinski definition) is 4. The maximum atomic E-state index is 11.7. The van der Waals surface area contributed by atoms with Gasteiger partial charge in [-0.15, -0.1) is 0 Å². The number of ether oxygens (including phenoxy) is 1. The van der Waals surface area contributed by atoms with Crippen molar-refractivity contribution in [3.8, 4) is 0 Å². The van der Waals surface area contributed by atoms with Crippen molar-refractivity contribution in [3.63, 3.8) is 0 Å². The molecule has 2 aromatic rings. The lowest BCUT2D eigenvalue weighted by Crippen LogP contribution is -2.04. The topological polar surface area (TPSA) is 38.7 Å². The molecule has 0 atom stereocenters. The molecule has 1 aliphatic heterocycles. The van der Waals surface area contributed by atoms with Gasteiger partial charge in [0.15, 0.2) is 5.70 Å². The number of hydrogen-bond donors (Lipinski definition) is 0. The summed E-state index contributed by atoms with van der Waals surface area (Å²) in [6.45, 7) is 0. The molecule has 1 aromatic heterocycles. The molecule has 0 spiro atoms. The van der Waals surface area contributed by atoms with Gasteiger partial charge in [0.1, 0.15) is 0 Å². The van der Waals surface area contributed by atoms with E-state index < -0.39 is 5.97 Å². The summed E-state index contributed by atoms with van der Waals surface area (Å²) in [5.41, 5.74) is 1.98. The number of carbonyl (C=O) groups is 1. The standard InChI is InChI=1S/C14H8ClNO2S/c15-11-3-1-10(2-4-11)13-16-12(14(17)18-13)7-9-5-6-19-8-9/h1-8H/b12-7+. The van der Waals surface area contributed by atoms with Crippen LogP contribution in [0.3, 0.4) is 0 Å². The van der Waals surface area contributed by atoms with Gasteiger partial charge in [0.2, 0.25) is 5.90 Å². The Kier molecular flexibility index (Phi) is 3.19. The molecule has 3 rings (SSSR count). The van der Waals surface area contributed by atoms with Crippen LogP contribution in [0.4, 0.5) is 0 Å². The Labute approximate surface area is 118 Å². The zero-order valence-electron chi connectivity index (χ0n) is 9.67. The van der Waals surface area contributed by atoms with E-state index in [0.29, 0.717) is 16.6 Å². The first-order valence-corrected chi connectivity index (χ1v) is 6.85. The molecule has 2 heterocycles. The summed E-state index contributed by atoms with van der Waals surface area (Å²) in [6, 6.07) is 8.91. The molecular formula is C14H8ClNO2S. The van der Waals surface area contributed by atoms with E-state index in [9.17, 15) is 4.79 Å². The minimum atomic E-state index is -0.434. The molecule has 0 saturated heterocycles. The molecular weight excluding hydrogens is 282 g/mol. The SMILES string of the molecule is O=C1OC(c2ccc(Cl)cc2)=N/C1=C/c1ccsc1. The van der Waals surface area contributed by atoms with Gasteiger partial charge in [-0.25, -0.2) is 9.79 Å². The van der Waals surface area contributed by atoms with Gasteiger partial charge in [0.05, 0.1) is 0 Å². The van der Waals surface area contributed by atoms with E-state index in [2.05, 4.69) is 4.99 Å². The number of carbonyl (C=O) groups excluding carboxylic acids is 1. The first-order valence-electron chi connectivity index (χ1n) is 5.53. The van der Waals surface area contributed by atoms with Crippen LogP contribution >= 0.6 is 22.9 Å². The number of halogens is 1. The van der Waals surface area contributed by atoms with Gasteiger partial charge in [-0.2, -0.15) is 11.3 Å². The summed E-state index contributed by atoms with van der Waals surface area (Å²) >= 11 is 7.38. The minimum Gasteiger partial charge on any atom is -0.402 e. The summed E-state index contributed by atoms with van der Waals surface area (Å²) in [5, 5.41) is 4.51. The molecule has 0 fully saturated rings. The van der Waals surface area contributed by atoms with Gasteiger partial charge in [0, 0.05) is 10.6 Å². The number of esters is 1. The van der Waals surface area contributed by atoms with Crippen molar-refractivity contribution in [1.82, 2.24) is 0 Å². The minimum absolute atomic E-state index is 0.308. The van der Waals surface area contributed by atoms with E-state index in [-0.39, 0.29) is 0 Å². The third-order valence-corrected chi connectivity index (χ3v) is 3.51. The summed E-state index contributed by atoms with van der Waals surface area (Å²) in [5.74, 6) is -0.126. The van der Waals surface area contributed by atoms with Crippen LogP contribution in [0.2, 0.25) is 5.02 Å². The molecule has 0 bridgehead atoms. The number of nitrogens with zero attached hydrogens (tertiary/aromatic N) is 1. The Morgan fingerprint density at radius 3 is 2.68 bits per heavy atom.